The van der Waals surface area contributed by atoms with Crippen molar-refractivity contribution in [3.8, 4) is 0 Å². The topological polar surface area (TPSA) is 55.4 Å². The van der Waals surface area contributed by atoms with E-state index in [2.05, 4.69) is 10.1 Å². The Labute approximate surface area is 109 Å². The summed E-state index contributed by atoms with van der Waals surface area (Å²) in [5.74, 6) is -0.303. The van der Waals surface area contributed by atoms with E-state index in [4.69, 9.17) is 11.6 Å². The molecule has 0 unspecified atom stereocenters. The van der Waals surface area contributed by atoms with Crippen molar-refractivity contribution in [3.05, 3.63) is 28.8 Å². The standard InChI is InChI=1S/C11H12ClNO3S/c1-16-11(15)8-5-7(3-4-9(8)12)13-10(14)6-17-2/h3-5H,6H2,1-2H3,(H,13,14). The molecule has 0 heterocycles. The number of thioether (sulfide) groups is 1. The minimum atomic E-state index is -0.532. The molecule has 6 heteroatoms. The fraction of sp³-hybridized carbons (Fsp3) is 0.273. The summed E-state index contributed by atoms with van der Waals surface area (Å²) in [7, 11) is 1.28. The number of halogens is 1. The Kier molecular flexibility index (Phi) is 5.31. The highest BCUT2D eigenvalue weighted by Gasteiger charge is 2.12. The van der Waals surface area contributed by atoms with Gasteiger partial charge in [-0.2, -0.15) is 11.8 Å². The van der Waals surface area contributed by atoms with Crippen LogP contribution in [0.25, 0.3) is 0 Å². The number of amides is 1. The van der Waals surface area contributed by atoms with E-state index in [-0.39, 0.29) is 11.5 Å². The molecule has 0 bridgehead atoms. The second-order valence-electron chi connectivity index (χ2n) is 3.17. The molecule has 1 aromatic rings. The van der Waals surface area contributed by atoms with Crippen LogP contribution in [0.1, 0.15) is 10.4 Å². The quantitative estimate of drug-likeness (QED) is 0.856. The molecule has 0 aliphatic rings. The van der Waals surface area contributed by atoms with E-state index in [1.54, 1.807) is 12.1 Å². The first-order valence-electron chi connectivity index (χ1n) is 4.75. The summed E-state index contributed by atoms with van der Waals surface area (Å²) in [5, 5.41) is 2.95. The Hall–Kier alpha value is -1.20. The van der Waals surface area contributed by atoms with Crippen LogP contribution in [0.2, 0.25) is 5.02 Å². The zero-order valence-electron chi connectivity index (χ0n) is 9.45. The molecule has 1 amide bonds. The van der Waals surface area contributed by atoms with Gasteiger partial charge in [-0.3, -0.25) is 4.79 Å². The highest BCUT2D eigenvalue weighted by molar-refractivity contribution is 7.99. The van der Waals surface area contributed by atoms with Gasteiger partial charge in [0.25, 0.3) is 0 Å². The predicted octanol–water partition coefficient (Wildman–Crippen LogP) is 2.43. The van der Waals surface area contributed by atoms with Crippen LogP contribution in [0.5, 0.6) is 0 Å². The zero-order valence-corrected chi connectivity index (χ0v) is 11.0. The summed E-state index contributed by atoms with van der Waals surface area (Å²) >= 11 is 7.27. The van der Waals surface area contributed by atoms with Crippen molar-refractivity contribution < 1.29 is 14.3 Å². The molecule has 0 radical (unpaired) electrons. The SMILES string of the molecule is COC(=O)c1cc(NC(=O)CSC)ccc1Cl. The lowest BCUT2D eigenvalue weighted by atomic mass is 10.2. The molecule has 0 aliphatic carbocycles. The van der Waals surface area contributed by atoms with E-state index in [0.29, 0.717) is 16.5 Å². The average molecular weight is 274 g/mol. The highest BCUT2D eigenvalue weighted by atomic mass is 35.5. The molecule has 4 nitrogen and oxygen atoms in total. The van der Waals surface area contributed by atoms with Crippen molar-refractivity contribution >= 4 is 40.9 Å². The van der Waals surface area contributed by atoms with Crippen LogP contribution in [-0.2, 0) is 9.53 Å². The molecule has 0 fully saturated rings. The van der Waals surface area contributed by atoms with Crippen LogP contribution in [-0.4, -0.2) is 31.0 Å². The fourth-order valence-electron chi connectivity index (χ4n) is 1.20. The number of nitrogens with one attached hydrogen (secondary N) is 1. The minimum Gasteiger partial charge on any atom is -0.465 e. The first-order valence-corrected chi connectivity index (χ1v) is 6.52. The number of rotatable bonds is 4. The molecule has 0 spiro atoms. The zero-order chi connectivity index (χ0) is 12.8. The Morgan fingerprint density at radius 1 is 1.47 bits per heavy atom. The monoisotopic (exact) mass is 273 g/mol. The first kappa shape index (κ1) is 13.9. The summed E-state index contributed by atoms with van der Waals surface area (Å²) in [5.41, 5.74) is 0.755. The second kappa shape index (κ2) is 6.51. The van der Waals surface area contributed by atoms with Gasteiger partial charge in [0.2, 0.25) is 5.91 Å². The summed E-state index contributed by atoms with van der Waals surface area (Å²) in [6.45, 7) is 0. The number of carbonyl (C=O) groups is 2. The van der Waals surface area contributed by atoms with Crippen molar-refractivity contribution in [2.24, 2.45) is 0 Å². The van der Waals surface area contributed by atoms with Crippen LogP contribution < -0.4 is 5.32 Å². The van der Waals surface area contributed by atoms with Gasteiger partial charge < -0.3 is 10.1 Å². The van der Waals surface area contributed by atoms with Crippen LogP contribution in [0, 0.1) is 0 Å². The van der Waals surface area contributed by atoms with Crippen molar-refractivity contribution in [2.45, 2.75) is 0 Å². The smallest absolute Gasteiger partial charge is 0.339 e. The maximum Gasteiger partial charge on any atom is 0.339 e. The molecule has 1 rings (SSSR count). The number of methoxy groups -OCH3 is 1. The Morgan fingerprint density at radius 3 is 2.76 bits per heavy atom. The van der Waals surface area contributed by atoms with Crippen molar-refractivity contribution in [1.82, 2.24) is 0 Å². The summed E-state index contributed by atoms with van der Waals surface area (Å²) in [6, 6.07) is 4.67. The molecule has 1 aromatic carbocycles. The number of anilines is 1. The van der Waals surface area contributed by atoms with Gasteiger partial charge in [0, 0.05) is 5.69 Å². The minimum absolute atomic E-state index is 0.129. The Balaban J connectivity index is 2.89. The third-order valence-electron chi connectivity index (χ3n) is 1.93. The molecular weight excluding hydrogens is 262 g/mol. The van der Waals surface area contributed by atoms with Gasteiger partial charge in [0.15, 0.2) is 0 Å². The van der Waals surface area contributed by atoms with E-state index in [0.717, 1.165) is 0 Å². The molecular formula is C11H12ClNO3S. The third kappa shape index (κ3) is 3.94. The normalized spacial score (nSPS) is 9.82. The lowest BCUT2D eigenvalue weighted by Gasteiger charge is -2.07. The van der Waals surface area contributed by atoms with Gasteiger partial charge in [-0.25, -0.2) is 4.79 Å². The summed E-state index contributed by atoms with van der Waals surface area (Å²) in [6.07, 6.45) is 1.83. The van der Waals surface area contributed by atoms with Crippen molar-refractivity contribution in [2.75, 3.05) is 24.4 Å². The fourth-order valence-corrected chi connectivity index (χ4v) is 1.73. The lowest BCUT2D eigenvalue weighted by molar-refractivity contribution is -0.113. The van der Waals surface area contributed by atoms with E-state index in [1.807, 2.05) is 6.26 Å². The molecule has 0 atom stereocenters. The number of hydrogen-bond donors (Lipinski definition) is 1. The first-order chi connectivity index (χ1) is 8.08. The van der Waals surface area contributed by atoms with E-state index < -0.39 is 5.97 Å². The van der Waals surface area contributed by atoms with Crippen molar-refractivity contribution in [1.29, 1.82) is 0 Å². The van der Waals surface area contributed by atoms with Gasteiger partial charge in [-0.1, -0.05) is 11.6 Å². The molecule has 0 saturated carbocycles. The summed E-state index contributed by atoms with van der Waals surface area (Å²) in [4.78, 5) is 22.7. The molecule has 0 aliphatic heterocycles. The average Bonchev–Trinajstić information content (AvgIpc) is 2.31. The molecule has 0 aromatic heterocycles. The maximum atomic E-state index is 11.4. The van der Waals surface area contributed by atoms with Gasteiger partial charge in [0.1, 0.15) is 0 Å². The molecule has 17 heavy (non-hydrogen) atoms. The number of benzene rings is 1. The van der Waals surface area contributed by atoms with Gasteiger partial charge >= 0.3 is 5.97 Å². The van der Waals surface area contributed by atoms with Crippen LogP contribution in [0.15, 0.2) is 18.2 Å². The maximum absolute atomic E-state index is 11.4. The molecule has 92 valence electrons. The van der Waals surface area contributed by atoms with Gasteiger partial charge in [-0.15, -0.1) is 0 Å². The van der Waals surface area contributed by atoms with E-state index in [9.17, 15) is 9.59 Å². The number of ether oxygens (including phenoxy) is 1. The van der Waals surface area contributed by atoms with Crippen LogP contribution >= 0.6 is 23.4 Å². The van der Waals surface area contributed by atoms with Crippen molar-refractivity contribution in [3.63, 3.8) is 0 Å². The van der Waals surface area contributed by atoms with Crippen LogP contribution in [0.4, 0.5) is 5.69 Å². The van der Waals surface area contributed by atoms with Gasteiger partial charge in [0.05, 0.1) is 23.4 Å². The molecule has 1 N–H and O–H groups in total. The highest BCUT2D eigenvalue weighted by Crippen LogP contribution is 2.21. The number of carbonyl (C=O) groups excluding carboxylic acids is 2. The Bertz CT molecular complexity index is 437. The number of hydrogen-bond acceptors (Lipinski definition) is 4. The largest absolute Gasteiger partial charge is 0.465 e. The predicted molar refractivity (Wildman–Crippen MR) is 69.8 cm³/mol. The summed E-state index contributed by atoms with van der Waals surface area (Å²) < 4.78 is 4.58. The number of esters is 1. The van der Waals surface area contributed by atoms with E-state index >= 15 is 0 Å². The Morgan fingerprint density at radius 2 is 2.18 bits per heavy atom. The van der Waals surface area contributed by atoms with E-state index in [1.165, 1.54) is 24.9 Å². The third-order valence-corrected chi connectivity index (χ3v) is 2.81. The van der Waals surface area contributed by atoms with Crippen LogP contribution in [0.3, 0.4) is 0 Å². The second-order valence-corrected chi connectivity index (χ2v) is 4.44. The molecule has 0 saturated heterocycles. The van der Waals surface area contributed by atoms with Gasteiger partial charge in [-0.05, 0) is 24.5 Å². The lowest BCUT2D eigenvalue weighted by Crippen LogP contribution is -2.14.